The highest BCUT2D eigenvalue weighted by Gasteiger charge is 2.40. The minimum Gasteiger partial charge on any atom is -0.468 e. The summed E-state index contributed by atoms with van der Waals surface area (Å²) in [4.78, 5) is 11.6. The molecule has 0 aromatic carbocycles. The van der Waals surface area contributed by atoms with Crippen LogP contribution < -0.4 is 5.32 Å². The van der Waals surface area contributed by atoms with Crippen molar-refractivity contribution in [3.05, 3.63) is 12.7 Å². The van der Waals surface area contributed by atoms with Crippen LogP contribution in [0.4, 0.5) is 0 Å². The molecule has 0 spiro atoms. The second-order valence-corrected chi connectivity index (χ2v) is 3.36. The molecule has 4 heteroatoms. The molecular weight excluding hydrogens is 182 g/mol. The summed E-state index contributed by atoms with van der Waals surface area (Å²) in [5, 5.41) is 3.16. The molecule has 1 aliphatic rings. The second kappa shape index (κ2) is 5.12. The number of carbonyl (C=O) groups excluding carboxylic acids is 1. The first kappa shape index (κ1) is 11.2. The van der Waals surface area contributed by atoms with Crippen molar-refractivity contribution in [2.24, 2.45) is 0 Å². The molecule has 1 rings (SSSR count). The van der Waals surface area contributed by atoms with Gasteiger partial charge in [0, 0.05) is 19.8 Å². The topological polar surface area (TPSA) is 47.6 Å². The van der Waals surface area contributed by atoms with Gasteiger partial charge in [-0.3, -0.25) is 10.1 Å². The number of methoxy groups -OCH3 is 1. The number of nitrogens with one attached hydrogen (secondary N) is 1. The quantitative estimate of drug-likeness (QED) is 0.528. The van der Waals surface area contributed by atoms with Gasteiger partial charge in [-0.05, 0) is 12.8 Å². The van der Waals surface area contributed by atoms with Gasteiger partial charge < -0.3 is 9.47 Å². The van der Waals surface area contributed by atoms with E-state index in [2.05, 4.69) is 11.9 Å². The minimum absolute atomic E-state index is 0.206. The molecule has 0 radical (unpaired) electrons. The van der Waals surface area contributed by atoms with Gasteiger partial charge in [0.1, 0.15) is 5.54 Å². The Kier molecular flexibility index (Phi) is 4.10. The van der Waals surface area contributed by atoms with E-state index in [1.54, 1.807) is 6.08 Å². The Bertz CT molecular complexity index is 209. The van der Waals surface area contributed by atoms with E-state index >= 15 is 0 Å². The van der Waals surface area contributed by atoms with Crippen molar-refractivity contribution in [3.8, 4) is 0 Å². The number of rotatable bonds is 4. The third-order valence-corrected chi connectivity index (χ3v) is 2.51. The third-order valence-electron chi connectivity index (χ3n) is 2.51. The maximum atomic E-state index is 11.6. The van der Waals surface area contributed by atoms with Crippen LogP contribution in [-0.2, 0) is 14.3 Å². The van der Waals surface area contributed by atoms with Crippen molar-refractivity contribution >= 4 is 5.97 Å². The average Bonchev–Trinajstić information content (AvgIpc) is 2.26. The maximum Gasteiger partial charge on any atom is 0.326 e. The molecular formula is C10H17NO3. The first-order valence-corrected chi connectivity index (χ1v) is 4.77. The maximum absolute atomic E-state index is 11.6. The molecule has 0 unspecified atom stereocenters. The monoisotopic (exact) mass is 199 g/mol. The molecule has 0 amide bonds. The largest absolute Gasteiger partial charge is 0.468 e. The molecule has 0 atom stereocenters. The van der Waals surface area contributed by atoms with E-state index in [-0.39, 0.29) is 5.97 Å². The van der Waals surface area contributed by atoms with Crippen LogP contribution in [0.5, 0.6) is 0 Å². The summed E-state index contributed by atoms with van der Waals surface area (Å²) >= 11 is 0. The average molecular weight is 199 g/mol. The lowest BCUT2D eigenvalue weighted by Crippen LogP contribution is -2.56. The van der Waals surface area contributed by atoms with Crippen LogP contribution in [0.25, 0.3) is 0 Å². The van der Waals surface area contributed by atoms with Crippen molar-refractivity contribution in [1.29, 1.82) is 0 Å². The fraction of sp³-hybridized carbons (Fsp3) is 0.700. The first-order valence-electron chi connectivity index (χ1n) is 4.77. The van der Waals surface area contributed by atoms with Crippen LogP contribution in [0.1, 0.15) is 12.8 Å². The van der Waals surface area contributed by atoms with Crippen LogP contribution >= 0.6 is 0 Å². The molecule has 4 nitrogen and oxygen atoms in total. The fourth-order valence-electron chi connectivity index (χ4n) is 1.64. The molecule has 1 saturated heterocycles. The molecule has 14 heavy (non-hydrogen) atoms. The molecule has 1 heterocycles. The highest BCUT2D eigenvalue weighted by molar-refractivity contribution is 5.80. The van der Waals surface area contributed by atoms with Gasteiger partial charge in [0.15, 0.2) is 0 Å². The number of ether oxygens (including phenoxy) is 2. The van der Waals surface area contributed by atoms with Crippen molar-refractivity contribution in [3.63, 3.8) is 0 Å². The predicted molar refractivity (Wildman–Crippen MR) is 53.0 cm³/mol. The zero-order chi connectivity index (χ0) is 10.4. The summed E-state index contributed by atoms with van der Waals surface area (Å²) < 4.78 is 10.0. The Balaban J connectivity index is 2.66. The van der Waals surface area contributed by atoms with Gasteiger partial charge in [0.25, 0.3) is 0 Å². The standard InChI is InChI=1S/C10H17NO3/c1-3-6-11-10(9(12)13-2)4-7-14-8-5-10/h3,11H,1,4-8H2,2H3. The van der Waals surface area contributed by atoms with Crippen LogP contribution in [0, 0.1) is 0 Å². The summed E-state index contributed by atoms with van der Waals surface area (Å²) in [6, 6.07) is 0. The summed E-state index contributed by atoms with van der Waals surface area (Å²) in [6.45, 7) is 5.41. The van der Waals surface area contributed by atoms with Gasteiger partial charge in [-0.15, -0.1) is 6.58 Å². The first-order chi connectivity index (χ1) is 6.75. The second-order valence-electron chi connectivity index (χ2n) is 3.36. The van der Waals surface area contributed by atoms with Gasteiger partial charge in [0.05, 0.1) is 7.11 Å². The minimum atomic E-state index is -0.568. The van der Waals surface area contributed by atoms with E-state index in [0.717, 1.165) is 0 Å². The lowest BCUT2D eigenvalue weighted by atomic mass is 9.90. The number of carbonyl (C=O) groups is 1. The summed E-state index contributed by atoms with van der Waals surface area (Å²) in [5.74, 6) is -0.206. The van der Waals surface area contributed by atoms with E-state index in [0.29, 0.717) is 32.6 Å². The van der Waals surface area contributed by atoms with E-state index in [1.165, 1.54) is 7.11 Å². The Morgan fingerprint density at radius 2 is 2.29 bits per heavy atom. The highest BCUT2D eigenvalue weighted by Crippen LogP contribution is 2.21. The number of hydrogen-bond donors (Lipinski definition) is 1. The zero-order valence-corrected chi connectivity index (χ0v) is 8.54. The zero-order valence-electron chi connectivity index (χ0n) is 8.54. The van der Waals surface area contributed by atoms with Crippen LogP contribution in [-0.4, -0.2) is 38.4 Å². The van der Waals surface area contributed by atoms with Gasteiger partial charge in [-0.2, -0.15) is 0 Å². The molecule has 0 aromatic rings. The van der Waals surface area contributed by atoms with Gasteiger partial charge >= 0.3 is 5.97 Å². The van der Waals surface area contributed by atoms with Crippen molar-refractivity contribution in [1.82, 2.24) is 5.32 Å². The number of esters is 1. The number of hydrogen-bond acceptors (Lipinski definition) is 4. The Morgan fingerprint density at radius 3 is 2.79 bits per heavy atom. The Hall–Kier alpha value is -0.870. The Morgan fingerprint density at radius 1 is 1.64 bits per heavy atom. The van der Waals surface area contributed by atoms with Crippen molar-refractivity contribution < 1.29 is 14.3 Å². The fourth-order valence-corrected chi connectivity index (χ4v) is 1.64. The predicted octanol–water partition coefficient (Wildman–Crippen LogP) is 0.484. The van der Waals surface area contributed by atoms with Crippen molar-refractivity contribution in [2.75, 3.05) is 26.9 Å². The molecule has 1 N–H and O–H groups in total. The third kappa shape index (κ3) is 2.33. The summed E-state index contributed by atoms with van der Waals surface area (Å²) in [5.41, 5.74) is -0.568. The molecule has 1 fully saturated rings. The van der Waals surface area contributed by atoms with E-state index in [1.807, 2.05) is 0 Å². The molecule has 1 aliphatic heterocycles. The van der Waals surface area contributed by atoms with E-state index in [4.69, 9.17) is 9.47 Å². The van der Waals surface area contributed by atoms with Crippen LogP contribution in [0.3, 0.4) is 0 Å². The SMILES string of the molecule is C=CCNC1(C(=O)OC)CCOCC1. The van der Waals surface area contributed by atoms with Gasteiger partial charge in [-0.1, -0.05) is 6.08 Å². The molecule has 80 valence electrons. The van der Waals surface area contributed by atoms with Crippen LogP contribution in [0.15, 0.2) is 12.7 Å². The molecule has 0 aromatic heterocycles. The van der Waals surface area contributed by atoms with Crippen molar-refractivity contribution in [2.45, 2.75) is 18.4 Å². The smallest absolute Gasteiger partial charge is 0.326 e. The van der Waals surface area contributed by atoms with Crippen LogP contribution in [0.2, 0.25) is 0 Å². The lowest BCUT2D eigenvalue weighted by molar-refractivity contribution is -0.152. The summed E-state index contributed by atoms with van der Waals surface area (Å²) in [6.07, 6.45) is 3.06. The Labute approximate surface area is 84.3 Å². The normalized spacial score (nSPS) is 20.1. The van der Waals surface area contributed by atoms with E-state index in [9.17, 15) is 4.79 Å². The van der Waals surface area contributed by atoms with Gasteiger partial charge in [0.2, 0.25) is 0 Å². The van der Waals surface area contributed by atoms with E-state index < -0.39 is 5.54 Å². The van der Waals surface area contributed by atoms with Gasteiger partial charge in [-0.25, -0.2) is 0 Å². The molecule has 0 saturated carbocycles. The summed E-state index contributed by atoms with van der Waals surface area (Å²) in [7, 11) is 1.41. The highest BCUT2D eigenvalue weighted by atomic mass is 16.5. The molecule has 0 bridgehead atoms. The molecule has 0 aliphatic carbocycles. The lowest BCUT2D eigenvalue weighted by Gasteiger charge is -2.34.